The molecule has 1 aromatic rings. The number of nitrogens with zero attached hydrogens (tertiary/aromatic N) is 2. The summed E-state index contributed by atoms with van der Waals surface area (Å²) < 4.78 is 18.8. The van der Waals surface area contributed by atoms with Crippen molar-refractivity contribution in [2.45, 2.75) is 19.1 Å². The van der Waals surface area contributed by atoms with Crippen LogP contribution >= 0.6 is 0 Å². The van der Waals surface area contributed by atoms with E-state index in [1.165, 1.54) is 13.2 Å². The van der Waals surface area contributed by atoms with Gasteiger partial charge in [-0.25, -0.2) is 4.39 Å². The van der Waals surface area contributed by atoms with Crippen LogP contribution in [0.4, 0.5) is 4.39 Å². The van der Waals surface area contributed by atoms with Crippen LogP contribution in [0.15, 0.2) is 18.2 Å². The number of carbonyl (C=O) groups excluding carboxylic acids is 1. The van der Waals surface area contributed by atoms with Gasteiger partial charge in [0.25, 0.3) is 0 Å². The third-order valence-electron chi connectivity index (χ3n) is 3.91. The molecular weight excluding hydrogens is 273 g/mol. The number of carbonyl (C=O) groups is 1. The zero-order valence-corrected chi connectivity index (χ0v) is 12.9. The highest BCUT2D eigenvalue weighted by Gasteiger charge is 2.33. The van der Waals surface area contributed by atoms with E-state index in [4.69, 9.17) is 4.74 Å². The molecule has 21 heavy (non-hydrogen) atoms. The topological polar surface area (TPSA) is 44.8 Å². The number of benzene rings is 1. The second-order valence-electron chi connectivity index (χ2n) is 5.54. The van der Waals surface area contributed by atoms with E-state index in [9.17, 15) is 9.18 Å². The molecule has 1 aliphatic rings. The first kappa shape index (κ1) is 15.7. The lowest BCUT2D eigenvalue weighted by molar-refractivity contribution is -0.128. The fourth-order valence-corrected chi connectivity index (χ4v) is 2.35. The number of likely N-dealkylation sites (N-methyl/N-ethyl adjacent to an activating group) is 1. The van der Waals surface area contributed by atoms with E-state index in [-0.39, 0.29) is 30.4 Å². The molecule has 2 atom stereocenters. The number of halogens is 1. The third kappa shape index (κ3) is 3.33. The van der Waals surface area contributed by atoms with Gasteiger partial charge in [-0.2, -0.15) is 0 Å². The van der Waals surface area contributed by atoms with Gasteiger partial charge in [-0.3, -0.25) is 10.1 Å². The van der Waals surface area contributed by atoms with E-state index in [1.54, 1.807) is 17.0 Å². The molecule has 1 amide bonds. The molecule has 6 heteroatoms. The number of nitrogens with one attached hydrogen (secondary N) is 1. The van der Waals surface area contributed by atoms with Crippen LogP contribution in [-0.2, 0) is 4.79 Å². The van der Waals surface area contributed by atoms with Gasteiger partial charge in [0.05, 0.1) is 13.7 Å². The summed E-state index contributed by atoms with van der Waals surface area (Å²) in [7, 11) is 5.38. The quantitative estimate of drug-likeness (QED) is 0.887. The third-order valence-corrected chi connectivity index (χ3v) is 3.91. The van der Waals surface area contributed by atoms with Crippen molar-refractivity contribution in [3.05, 3.63) is 29.6 Å². The van der Waals surface area contributed by atoms with Crippen molar-refractivity contribution in [1.82, 2.24) is 15.1 Å². The highest BCUT2D eigenvalue weighted by atomic mass is 19.1. The van der Waals surface area contributed by atoms with Crippen molar-refractivity contribution < 1.29 is 13.9 Å². The Hall–Kier alpha value is -1.66. The molecule has 1 fully saturated rings. The number of methoxy groups -OCH3 is 1. The van der Waals surface area contributed by atoms with Gasteiger partial charge >= 0.3 is 0 Å². The van der Waals surface area contributed by atoms with E-state index in [0.29, 0.717) is 6.54 Å². The predicted molar refractivity (Wildman–Crippen MR) is 78.6 cm³/mol. The van der Waals surface area contributed by atoms with Gasteiger partial charge in [-0.15, -0.1) is 0 Å². The van der Waals surface area contributed by atoms with Crippen LogP contribution in [0.1, 0.15) is 18.7 Å². The van der Waals surface area contributed by atoms with Crippen molar-refractivity contribution in [3.63, 3.8) is 0 Å². The molecule has 0 spiro atoms. The standard InChI is InChI=1S/C15H22FN3O2/c1-10(18(2)3)9-19-14(20)8-17-15(19)11-5-6-13(21-4)12(16)7-11/h5-7,10,15,17H,8-9H2,1-4H3. The summed E-state index contributed by atoms with van der Waals surface area (Å²) in [5.74, 6) is -0.182. The smallest absolute Gasteiger partial charge is 0.238 e. The van der Waals surface area contributed by atoms with Crippen molar-refractivity contribution in [2.75, 3.05) is 34.3 Å². The summed E-state index contributed by atoms with van der Waals surface area (Å²) in [6, 6.07) is 5.01. The molecule has 0 saturated carbocycles. The maximum atomic E-state index is 13.9. The molecule has 0 aliphatic carbocycles. The van der Waals surface area contributed by atoms with Crippen molar-refractivity contribution >= 4 is 5.91 Å². The molecule has 116 valence electrons. The molecular formula is C15H22FN3O2. The summed E-state index contributed by atoms with van der Waals surface area (Å²) in [5, 5.41) is 3.13. The minimum atomic E-state index is -0.420. The van der Waals surface area contributed by atoms with E-state index in [1.807, 2.05) is 14.1 Å². The zero-order valence-electron chi connectivity index (χ0n) is 12.9. The number of rotatable bonds is 5. The molecule has 2 unspecified atom stereocenters. The molecule has 1 saturated heterocycles. The maximum Gasteiger partial charge on any atom is 0.238 e. The summed E-state index contributed by atoms with van der Waals surface area (Å²) in [5.41, 5.74) is 0.727. The molecule has 0 bridgehead atoms. The minimum absolute atomic E-state index is 0.0323. The molecule has 0 aromatic heterocycles. The van der Waals surface area contributed by atoms with E-state index in [0.717, 1.165) is 5.56 Å². The lowest BCUT2D eigenvalue weighted by Gasteiger charge is -2.30. The zero-order chi connectivity index (χ0) is 15.6. The second-order valence-corrected chi connectivity index (χ2v) is 5.54. The van der Waals surface area contributed by atoms with Crippen LogP contribution in [0.2, 0.25) is 0 Å². The molecule has 1 heterocycles. The fraction of sp³-hybridized carbons (Fsp3) is 0.533. The van der Waals surface area contributed by atoms with E-state index in [2.05, 4.69) is 17.1 Å². The molecule has 1 aliphatic heterocycles. The van der Waals surface area contributed by atoms with Crippen LogP contribution in [0.3, 0.4) is 0 Å². The maximum absolute atomic E-state index is 13.9. The number of ether oxygens (including phenoxy) is 1. The fourth-order valence-electron chi connectivity index (χ4n) is 2.35. The van der Waals surface area contributed by atoms with Gasteiger partial charge in [0.2, 0.25) is 5.91 Å². The Labute approximate surface area is 124 Å². The molecule has 5 nitrogen and oxygen atoms in total. The summed E-state index contributed by atoms with van der Waals surface area (Å²) in [6.45, 7) is 2.92. The van der Waals surface area contributed by atoms with Crippen LogP contribution in [0.25, 0.3) is 0 Å². The van der Waals surface area contributed by atoms with Gasteiger partial charge < -0.3 is 14.5 Å². The van der Waals surface area contributed by atoms with Crippen LogP contribution in [-0.4, -0.2) is 56.0 Å². The molecule has 1 N–H and O–H groups in total. The molecule has 1 aromatic carbocycles. The minimum Gasteiger partial charge on any atom is -0.494 e. The van der Waals surface area contributed by atoms with Crippen LogP contribution < -0.4 is 10.1 Å². The number of amides is 1. The van der Waals surface area contributed by atoms with E-state index < -0.39 is 5.82 Å². The number of hydrogen-bond acceptors (Lipinski definition) is 4. The Morgan fingerprint density at radius 3 is 2.81 bits per heavy atom. The summed E-state index contributed by atoms with van der Waals surface area (Å²) in [6.07, 6.45) is -0.291. The van der Waals surface area contributed by atoms with Crippen molar-refractivity contribution in [1.29, 1.82) is 0 Å². The average Bonchev–Trinajstić information content (AvgIpc) is 2.80. The van der Waals surface area contributed by atoms with E-state index >= 15 is 0 Å². The Kier molecular flexibility index (Phi) is 4.80. The first-order chi connectivity index (χ1) is 9.93. The highest BCUT2D eigenvalue weighted by molar-refractivity contribution is 5.81. The Bertz CT molecular complexity index is 522. The van der Waals surface area contributed by atoms with Crippen LogP contribution in [0, 0.1) is 5.82 Å². The number of hydrogen-bond donors (Lipinski definition) is 1. The predicted octanol–water partition coefficient (Wildman–Crippen LogP) is 1.21. The lowest BCUT2D eigenvalue weighted by Crippen LogP contribution is -2.41. The average molecular weight is 295 g/mol. The van der Waals surface area contributed by atoms with Gasteiger partial charge in [-0.05, 0) is 38.7 Å². The molecule has 2 rings (SSSR count). The second kappa shape index (κ2) is 6.41. The summed E-state index contributed by atoms with van der Waals surface area (Å²) >= 11 is 0. The normalized spacial score (nSPS) is 20.2. The first-order valence-corrected chi connectivity index (χ1v) is 6.96. The van der Waals surface area contributed by atoms with Crippen LogP contribution in [0.5, 0.6) is 5.75 Å². The van der Waals surface area contributed by atoms with Crippen molar-refractivity contribution in [2.24, 2.45) is 0 Å². The first-order valence-electron chi connectivity index (χ1n) is 6.96. The Morgan fingerprint density at radius 2 is 2.24 bits per heavy atom. The van der Waals surface area contributed by atoms with Gasteiger partial charge in [0, 0.05) is 12.6 Å². The Balaban J connectivity index is 2.21. The summed E-state index contributed by atoms with van der Waals surface area (Å²) in [4.78, 5) is 15.9. The lowest BCUT2D eigenvalue weighted by atomic mass is 10.1. The highest BCUT2D eigenvalue weighted by Crippen LogP contribution is 2.27. The molecule has 0 radical (unpaired) electrons. The Morgan fingerprint density at radius 1 is 1.52 bits per heavy atom. The van der Waals surface area contributed by atoms with Gasteiger partial charge in [0.15, 0.2) is 11.6 Å². The van der Waals surface area contributed by atoms with Crippen molar-refractivity contribution in [3.8, 4) is 5.75 Å². The SMILES string of the molecule is COc1ccc(C2NCC(=O)N2CC(C)N(C)C)cc1F. The van der Waals surface area contributed by atoms with Gasteiger partial charge in [0.1, 0.15) is 6.17 Å². The van der Waals surface area contributed by atoms with Gasteiger partial charge in [-0.1, -0.05) is 6.07 Å². The monoisotopic (exact) mass is 295 g/mol. The largest absolute Gasteiger partial charge is 0.494 e.